The Kier molecular flexibility index (Phi) is 4.90. The molecule has 6 heteroatoms. The summed E-state index contributed by atoms with van der Waals surface area (Å²) in [5.41, 5.74) is 0.335. The molecule has 1 amide bonds. The summed E-state index contributed by atoms with van der Waals surface area (Å²) >= 11 is 0. The van der Waals surface area contributed by atoms with Gasteiger partial charge >= 0.3 is 5.97 Å². The Morgan fingerprint density at radius 3 is 2.64 bits per heavy atom. The van der Waals surface area contributed by atoms with E-state index < -0.39 is 11.6 Å². The average molecular weight is 346 g/mol. The fourth-order valence-electron chi connectivity index (χ4n) is 3.61. The fourth-order valence-corrected chi connectivity index (χ4v) is 3.61. The van der Waals surface area contributed by atoms with Gasteiger partial charge in [0.2, 0.25) is 0 Å². The van der Waals surface area contributed by atoms with Gasteiger partial charge in [0.1, 0.15) is 11.4 Å². The Morgan fingerprint density at radius 2 is 2.00 bits per heavy atom. The first-order valence-electron chi connectivity index (χ1n) is 8.65. The van der Waals surface area contributed by atoms with Gasteiger partial charge in [0.15, 0.2) is 0 Å². The molecule has 1 fully saturated rings. The van der Waals surface area contributed by atoms with Gasteiger partial charge in [-0.3, -0.25) is 4.79 Å². The lowest BCUT2D eigenvalue weighted by molar-refractivity contribution is -0.150. The minimum Gasteiger partial charge on any atom is -0.450 e. The van der Waals surface area contributed by atoms with Crippen molar-refractivity contribution >= 4 is 11.9 Å². The van der Waals surface area contributed by atoms with Crippen molar-refractivity contribution < 1.29 is 18.7 Å². The van der Waals surface area contributed by atoms with Crippen LogP contribution in [0.4, 0.5) is 4.39 Å². The number of rotatable bonds is 4. The summed E-state index contributed by atoms with van der Waals surface area (Å²) < 4.78 is 19.4. The van der Waals surface area contributed by atoms with Crippen molar-refractivity contribution in [1.82, 2.24) is 10.2 Å². The van der Waals surface area contributed by atoms with Gasteiger partial charge < -0.3 is 15.0 Å². The Balaban J connectivity index is 1.77. The third kappa shape index (κ3) is 3.31. The summed E-state index contributed by atoms with van der Waals surface area (Å²) in [6.07, 6.45) is 1.21. The molecule has 0 saturated carbocycles. The van der Waals surface area contributed by atoms with Gasteiger partial charge in [-0.1, -0.05) is 25.1 Å². The molecule has 1 saturated heterocycles. The second-order valence-corrected chi connectivity index (χ2v) is 6.59. The van der Waals surface area contributed by atoms with Gasteiger partial charge in [0, 0.05) is 43.6 Å². The zero-order valence-corrected chi connectivity index (χ0v) is 14.6. The first-order chi connectivity index (χ1) is 12.0. The summed E-state index contributed by atoms with van der Waals surface area (Å²) in [7, 11) is 0. The third-order valence-electron chi connectivity index (χ3n) is 5.16. The van der Waals surface area contributed by atoms with Gasteiger partial charge in [0.05, 0.1) is 5.57 Å². The number of amides is 1. The molecular weight excluding hydrogens is 323 g/mol. The average Bonchev–Trinajstić information content (AvgIpc) is 2.85. The maximum absolute atomic E-state index is 13.7. The molecule has 1 spiro atoms. The third-order valence-corrected chi connectivity index (χ3v) is 5.16. The second-order valence-electron chi connectivity index (χ2n) is 6.59. The molecule has 0 unspecified atom stereocenters. The van der Waals surface area contributed by atoms with Crippen molar-refractivity contribution in [3.8, 4) is 0 Å². The molecule has 2 aliphatic heterocycles. The standard InChI is InChI=1S/C19H23FN2O3/c1-3-22-10-8-19(9-11-22)16(13(2)18(24)25-19)17(23)21-12-14-6-4-5-7-15(14)20/h4-7H,3,8-12H2,1-2H3,(H,21,23). The van der Waals surface area contributed by atoms with Crippen molar-refractivity contribution in [2.75, 3.05) is 19.6 Å². The zero-order chi connectivity index (χ0) is 18.0. The number of ether oxygens (including phenoxy) is 1. The van der Waals surface area contributed by atoms with Gasteiger partial charge in [0.25, 0.3) is 5.91 Å². The SMILES string of the molecule is CCN1CCC2(CC1)OC(=O)C(C)=C2C(=O)NCc1ccccc1F. The molecule has 0 radical (unpaired) electrons. The Morgan fingerprint density at radius 1 is 1.32 bits per heavy atom. The summed E-state index contributed by atoms with van der Waals surface area (Å²) in [6, 6.07) is 6.31. The molecule has 2 heterocycles. The van der Waals surface area contributed by atoms with E-state index in [2.05, 4.69) is 17.1 Å². The van der Waals surface area contributed by atoms with E-state index in [0.717, 1.165) is 19.6 Å². The number of nitrogens with zero attached hydrogens (tertiary/aromatic N) is 1. The molecule has 1 aromatic carbocycles. The van der Waals surface area contributed by atoms with E-state index in [-0.39, 0.29) is 18.3 Å². The molecule has 3 rings (SSSR count). The van der Waals surface area contributed by atoms with Crippen LogP contribution >= 0.6 is 0 Å². The fraction of sp³-hybridized carbons (Fsp3) is 0.474. The first-order valence-corrected chi connectivity index (χ1v) is 8.65. The van der Waals surface area contributed by atoms with E-state index in [1.807, 2.05) is 0 Å². The number of piperidine rings is 1. The predicted octanol–water partition coefficient (Wildman–Crippen LogP) is 2.17. The highest BCUT2D eigenvalue weighted by Crippen LogP contribution is 2.41. The monoisotopic (exact) mass is 346 g/mol. The first kappa shape index (κ1) is 17.6. The maximum Gasteiger partial charge on any atom is 0.335 e. The molecule has 1 aromatic rings. The molecular formula is C19H23FN2O3. The number of hydrogen-bond donors (Lipinski definition) is 1. The van der Waals surface area contributed by atoms with E-state index in [1.165, 1.54) is 6.07 Å². The lowest BCUT2D eigenvalue weighted by atomic mass is 9.82. The second kappa shape index (κ2) is 6.96. The van der Waals surface area contributed by atoms with Crippen LogP contribution in [0, 0.1) is 5.82 Å². The van der Waals surface area contributed by atoms with E-state index >= 15 is 0 Å². The molecule has 0 aliphatic carbocycles. The van der Waals surface area contributed by atoms with Crippen LogP contribution in [0.1, 0.15) is 32.3 Å². The van der Waals surface area contributed by atoms with Crippen LogP contribution < -0.4 is 5.32 Å². The van der Waals surface area contributed by atoms with E-state index in [4.69, 9.17) is 4.74 Å². The number of hydrogen-bond acceptors (Lipinski definition) is 4. The van der Waals surface area contributed by atoms with Crippen molar-refractivity contribution in [2.24, 2.45) is 0 Å². The lowest BCUT2D eigenvalue weighted by Crippen LogP contribution is -2.48. The summed E-state index contributed by atoms with van der Waals surface area (Å²) in [5.74, 6) is -1.14. The number of likely N-dealkylation sites (tertiary alicyclic amines) is 1. The van der Waals surface area contributed by atoms with Crippen LogP contribution in [-0.4, -0.2) is 42.0 Å². The molecule has 1 N–H and O–H groups in total. The van der Waals surface area contributed by atoms with Crippen LogP contribution in [0.15, 0.2) is 35.4 Å². The molecule has 0 atom stereocenters. The predicted molar refractivity (Wildman–Crippen MR) is 91.1 cm³/mol. The number of halogens is 1. The van der Waals surface area contributed by atoms with Crippen LogP contribution in [0.3, 0.4) is 0 Å². The number of nitrogens with one attached hydrogen (secondary N) is 1. The Bertz CT molecular complexity index is 721. The zero-order valence-electron chi connectivity index (χ0n) is 14.6. The van der Waals surface area contributed by atoms with Gasteiger partial charge in [-0.25, -0.2) is 9.18 Å². The normalized spacial score (nSPS) is 20.0. The summed E-state index contributed by atoms with van der Waals surface area (Å²) in [5, 5.41) is 2.75. The summed E-state index contributed by atoms with van der Waals surface area (Å²) in [6.45, 7) is 6.28. The van der Waals surface area contributed by atoms with E-state index in [9.17, 15) is 14.0 Å². The highest BCUT2D eigenvalue weighted by Gasteiger charge is 2.50. The highest BCUT2D eigenvalue weighted by molar-refractivity contribution is 6.07. The van der Waals surface area contributed by atoms with Gasteiger partial charge in [-0.15, -0.1) is 0 Å². The quantitative estimate of drug-likeness (QED) is 0.849. The van der Waals surface area contributed by atoms with Crippen molar-refractivity contribution in [3.05, 3.63) is 46.8 Å². The Labute approximate surface area is 146 Å². The van der Waals surface area contributed by atoms with E-state index in [0.29, 0.717) is 29.6 Å². The molecule has 0 bridgehead atoms. The minimum atomic E-state index is -0.841. The molecule has 134 valence electrons. The van der Waals surface area contributed by atoms with Crippen molar-refractivity contribution in [2.45, 2.75) is 38.8 Å². The van der Waals surface area contributed by atoms with Crippen molar-refractivity contribution in [3.63, 3.8) is 0 Å². The molecule has 2 aliphatic rings. The molecule has 0 aromatic heterocycles. The molecule has 5 nitrogen and oxygen atoms in total. The topological polar surface area (TPSA) is 58.6 Å². The van der Waals surface area contributed by atoms with Gasteiger partial charge in [-0.05, 0) is 19.5 Å². The van der Waals surface area contributed by atoms with Crippen LogP contribution in [0.25, 0.3) is 0 Å². The van der Waals surface area contributed by atoms with Crippen LogP contribution in [0.5, 0.6) is 0 Å². The summed E-state index contributed by atoms with van der Waals surface area (Å²) in [4.78, 5) is 27.1. The van der Waals surface area contributed by atoms with Gasteiger partial charge in [-0.2, -0.15) is 0 Å². The van der Waals surface area contributed by atoms with Crippen LogP contribution in [-0.2, 0) is 20.9 Å². The Hall–Kier alpha value is -2.21. The molecule has 25 heavy (non-hydrogen) atoms. The number of benzene rings is 1. The van der Waals surface area contributed by atoms with Crippen LogP contribution in [0.2, 0.25) is 0 Å². The maximum atomic E-state index is 13.7. The smallest absolute Gasteiger partial charge is 0.335 e. The lowest BCUT2D eigenvalue weighted by Gasteiger charge is -2.39. The number of carbonyl (C=O) groups excluding carboxylic acids is 2. The largest absolute Gasteiger partial charge is 0.450 e. The number of esters is 1. The van der Waals surface area contributed by atoms with E-state index in [1.54, 1.807) is 25.1 Å². The number of carbonyl (C=O) groups is 2. The minimum absolute atomic E-state index is 0.0770. The highest BCUT2D eigenvalue weighted by atomic mass is 19.1. The van der Waals surface area contributed by atoms with Crippen molar-refractivity contribution in [1.29, 1.82) is 0 Å².